The van der Waals surface area contributed by atoms with Gasteiger partial charge in [-0.3, -0.25) is 0 Å². The number of aliphatic hydroxyl groups excluding tert-OH is 1. The van der Waals surface area contributed by atoms with E-state index < -0.39 is 0 Å². The Balaban J connectivity index is 2.14. The Morgan fingerprint density at radius 1 is 1.86 bits per heavy atom. The molecule has 1 nitrogen and oxygen atoms in total. The fourth-order valence-corrected chi connectivity index (χ4v) is 12.9. The molecule has 0 spiro atoms. The van der Waals surface area contributed by atoms with Crippen LogP contribution in [0.4, 0.5) is 0 Å². The molecule has 7 heavy (non-hydrogen) atoms. The first-order valence-electron chi connectivity index (χ1n) is 2.02. The van der Waals surface area contributed by atoms with E-state index in [0.717, 1.165) is 0 Å². The van der Waals surface area contributed by atoms with Crippen LogP contribution in [-0.4, -0.2) is 41.5 Å². The Hall–Kier alpha value is 1.48. The van der Waals surface area contributed by atoms with E-state index in [2.05, 4.69) is 8.85 Å². The molecule has 1 aliphatic rings. The standard InChI is InChI=1S/C3H8OS2.Sb/c4-1-3(6)2-5;/h3-6H,1-2H2;/q;+2/p-2. The van der Waals surface area contributed by atoms with E-state index >= 15 is 0 Å². The molecule has 1 rings (SSSR count). The third-order valence-electron chi connectivity index (χ3n) is 0.709. The Bertz CT molecular complexity index is 54.9. The van der Waals surface area contributed by atoms with Crippen LogP contribution in [0, 0.1) is 0 Å². The molecule has 1 heterocycles. The molecule has 1 unspecified atom stereocenters. The quantitative estimate of drug-likeness (QED) is 0.672. The van der Waals surface area contributed by atoms with Crippen molar-refractivity contribution in [2.24, 2.45) is 0 Å². The van der Waals surface area contributed by atoms with Crippen LogP contribution >= 0.6 is 17.7 Å². The molecule has 0 aromatic rings. The summed E-state index contributed by atoms with van der Waals surface area (Å²) in [5.41, 5.74) is 0. The SMILES string of the molecule is OCC1C[S][Sb][S]1. The van der Waals surface area contributed by atoms with E-state index in [-0.39, 0.29) is 18.8 Å². The zero-order chi connectivity index (χ0) is 5.11. The molecule has 1 atom stereocenters. The molecule has 1 fully saturated rings. The summed E-state index contributed by atoms with van der Waals surface area (Å²) in [6.45, 7) is 0.396. The molecule has 1 N–H and O–H groups in total. The average molecular weight is 244 g/mol. The van der Waals surface area contributed by atoms with Crippen molar-refractivity contribution in [1.82, 2.24) is 0 Å². The van der Waals surface area contributed by atoms with Gasteiger partial charge < -0.3 is 0 Å². The van der Waals surface area contributed by atoms with Gasteiger partial charge in [0.25, 0.3) is 0 Å². The van der Waals surface area contributed by atoms with Crippen LogP contribution < -0.4 is 0 Å². The predicted molar refractivity (Wildman–Crippen MR) is 36.7 cm³/mol. The molecule has 0 aromatic carbocycles. The maximum atomic E-state index is 8.56. The van der Waals surface area contributed by atoms with Gasteiger partial charge in [0.15, 0.2) is 0 Å². The van der Waals surface area contributed by atoms with Gasteiger partial charge in [-0.25, -0.2) is 0 Å². The van der Waals surface area contributed by atoms with Gasteiger partial charge in [0.1, 0.15) is 0 Å². The summed E-state index contributed by atoms with van der Waals surface area (Å²) in [4.78, 5) is 0. The molecule has 1 saturated heterocycles. The fraction of sp³-hybridized carbons (Fsp3) is 1.00. The Labute approximate surface area is 59.0 Å². The van der Waals surface area contributed by atoms with Gasteiger partial charge in [-0.15, -0.1) is 0 Å². The van der Waals surface area contributed by atoms with Crippen molar-refractivity contribution in [2.75, 3.05) is 12.4 Å². The molecule has 41 valence electrons. The number of aliphatic hydroxyl groups is 1. The van der Waals surface area contributed by atoms with E-state index in [1.807, 2.05) is 8.85 Å². The van der Waals surface area contributed by atoms with Gasteiger partial charge in [0.05, 0.1) is 0 Å². The molecular formula is C3H6OS2Sb. The predicted octanol–water partition coefficient (Wildman–Crippen LogP) is 0.361. The first kappa shape index (κ1) is 6.60. The molecule has 0 aromatic heterocycles. The second-order valence-corrected chi connectivity index (χ2v) is 11.2. The molecule has 0 aliphatic carbocycles. The third-order valence-corrected chi connectivity index (χ3v) is 11.6. The minimum atomic E-state index is 0.0770. The molecular weight excluding hydrogens is 238 g/mol. The second kappa shape index (κ2) is 3.49. The average Bonchev–Trinajstić information content (AvgIpc) is 2.14. The fourth-order valence-electron chi connectivity index (χ4n) is 0.321. The van der Waals surface area contributed by atoms with Crippen LogP contribution in [0.3, 0.4) is 0 Å². The summed E-state index contributed by atoms with van der Waals surface area (Å²) in [6.07, 6.45) is 0. The first-order chi connectivity index (χ1) is 3.43. The van der Waals surface area contributed by atoms with Crippen LogP contribution in [0.5, 0.6) is 0 Å². The van der Waals surface area contributed by atoms with E-state index in [0.29, 0.717) is 11.9 Å². The van der Waals surface area contributed by atoms with Crippen LogP contribution in [0.1, 0.15) is 0 Å². The van der Waals surface area contributed by atoms with Crippen molar-refractivity contribution in [2.45, 2.75) is 5.25 Å². The van der Waals surface area contributed by atoms with Crippen molar-refractivity contribution in [1.29, 1.82) is 0 Å². The number of hydrogen-bond donors (Lipinski definition) is 1. The molecule has 4 heteroatoms. The van der Waals surface area contributed by atoms with Gasteiger partial charge in [-0.1, -0.05) is 0 Å². The van der Waals surface area contributed by atoms with Crippen molar-refractivity contribution >= 4 is 36.5 Å². The minimum absolute atomic E-state index is 0.0770. The van der Waals surface area contributed by atoms with E-state index in [1.54, 1.807) is 0 Å². The van der Waals surface area contributed by atoms with Gasteiger partial charge in [0.2, 0.25) is 0 Å². The molecule has 0 amide bonds. The van der Waals surface area contributed by atoms with Crippen molar-refractivity contribution in [3.63, 3.8) is 0 Å². The zero-order valence-corrected chi connectivity index (χ0v) is 7.89. The summed E-state index contributed by atoms with van der Waals surface area (Å²) < 4.78 is 0. The van der Waals surface area contributed by atoms with Gasteiger partial charge in [-0.2, -0.15) is 0 Å². The van der Waals surface area contributed by atoms with Crippen LogP contribution in [-0.2, 0) is 0 Å². The van der Waals surface area contributed by atoms with E-state index in [4.69, 9.17) is 5.11 Å². The second-order valence-electron chi connectivity index (χ2n) is 1.28. The van der Waals surface area contributed by atoms with Crippen LogP contribution in [0.25, 0.3) is 0 Å². The summed E-state index contributed by atoms with van der Waals surface area (Å²) in [6, 6.07) is 0. The third kappa shape index (κ3) is 2.04. The zero-order valence-electron chi connectivity index (χ0n) is 3.70. The molecule has 1 radical (unpaired) electrons. The normalized spacial score (nSPS) is 31.3. The summed E-state index contributed by atoms with van der Waals surface area (Å²) >= 11 is 0.0770. The summed E-state index contributed by atoms with van der Waals surface area (Å²) in [7, 11) is 4.07. The van der Waals surface area contributed by atoms with E-state index in [9.17, 15) is 0 Å². The molecule has 1 aliphatic heterocycles. The number of rotatable bonds is 1. The Kier molecular flexibility index (Phi) is 3.29. The number of hydrogen-bond acceptors (Lipinski definition) is 3. The van der Waals surface area contributed by atoms with Gasteiger partial charge >= 0.3 is 59.2 Å². The topological polar surface area (TPSA) is 20.2 Å². The van der Waals surface area contributed by atoms with Gasteiger partial charge in [-0.05, 0) is 0 Å². The van der Waals surface area contributed by atoms with Crippen molar-refractivity contribution < 1.29 is 5.11 Å². The van der Waals surface area contributed by atoms with Crippen molar-refractivity contribution in [3.05, 3.63) is 0 Å². The van der Waals surface area contributed by atoms with Crippen LogP contribution in [0.2, 0.25) is 0 Å². The Morgan fingerprint density at radius 2 is 2.71 bits per heavy atom. The Morgan fingerprint density at radius 3 is 3.00 bits per heavy atom. The monoisotopic (exact) mass is 243 g/mol. The van der Waals surface area contributed by atoms with E-state index in [1.165, 1.54) is 5.75 Å². The molecule has 0 bridgehead atoms. The first-order valence-corrected chi connectivity index (χ1v) is 10.1. The maximum absolute atomic E-state index is 8.56. The van der Waals surface area contributed by atoms with Gasteiger partial charge in [0, 0.05) is 0 Å². The summed E-state index contributed by atoms with van der Waals surface area (Å²) in [5, 5.41) is 9.15. The molecule has 0 saturated carbocycles. The van der Waals surface area contributed by atoms with Crippen molar-refractivity contribution in [3.8, 4) is 0 Å². The van der Waals surface area contributed by atoms with Crippen LogP contribution in [0.15, 0.2) is 0 Å². The summed E-state index contributed by atoms with van der Waals surface area (Å²) in [5.74, 6) is 1.21.